The van der Waals surface area contributed by atoms with E-state index in [9.17, 15) is 17.2 Å². The van der Waals surface area contributed by atoms with Gasteiger partial charge in [-0.15, -0.1) is 0 Å². The molecule has 2 aromatic rings. The second kappa shape index (κ2) is 5.79. The number of aliphatic hydroxyl groups excluding tert-OH is 1. The zero-order chi connectivity index (χ0) is 15.6. The van der Waals surface area contributed by atoms with E-state index in [1.54, 1.807) is 0 Å². The van der Waals surface area contributed by atoms with E-state index in [2.05, 4.69) is 0 Å². The Kier molecular flexibility index (Phi) is 4.24. The molecule has 0 amide bonds. The molecule has 0 spiro atoms. The first-order valence-electron chi connectivity index (χ1n) is 6.00. The zero-order valence-corrected chi connectivity index (χ0v) is 11.9. The number of anilines is 1. The van der Waals surface area contributed by atoms with Gasteiger partial charge < -0.3 is 5.11 Å². The molecule has 0 atom stereocenters. The van der Waals surface area contributed by atoms with Crippen LogP contribution in [0.5, 0.6) is 0 Å². The number of sulfonamides is 1. The highest BCUT2D eigenvalue weighted by Crippen LogP contribution is 2.26. The van der Waals surface area contributed by atoms with Gasteiger partial charge in [0.25, 0.3) is 10.0 Å². The molecule has 0 bridgehead atoms. The normalized spacial score (nSPS) is 11.4. The largest absolute Gasteiger partial charge is 0.392 e. The number of hydrogen-bond donors (Lipinski definition) is 1. The summed E-state index contributed by atoms with van der Waals surface area (Å²) in [6.45, 7) is -0.424. The first-order valence-corrected chi connectivity index (χ1v) is 7.44. The van der Waals surface area contributed by atoms with Gasteiger partial charge >= 0.3 is 0 Å². The Labute approximate surface area is 121 Å². The standard InChI is InChI=1S/C14H13F2NO3S/c1-17(13-5-3-2-4-11(13)15)21(19,20)14-8-10(9-18)6-7-12(14)16/h2-8,18H,9H2,1H3. The molecule has 0 aliphatic carbocycles. The van der Waals surface area contributed by atoms with Crippen LogP contribution in [0.25, 0.3) is 0 Å². The van der Waals surface area contributed by atoms with Crippen LogP contribution in [0.1, 0.15) is 5.56 Å². The average Bonchev–Trinajstić information content (AvgIpc) is 2.47. The average molecular weight is 313 g/mol. The highest BCUT2D eigenvalue weighted by molar-refractivity contribution is 7.92. The van der Waals surface area contributed by atoms with Gasteiger partial charge in [-0.25, -0.2) is 17.2 Å². The monoisotopic (exact) mass is 313 g/mol. The van der Waals surface area contributed by atoms with Gasteiger partial charge in [0.2, 0.25) is 0 Å². The minimum atomic E-state index is -4.27. The summed E-state index contributed by atoms with van der Waals surface area (Å²) in [7, 11) is -3.13. The van der Waals surface area contributed by atoms with E-state index in [-0.39, 0.29) is 11.3 Å². The summed E-state index contributed by atoms with van der Waals surface area (Å²) in [5.41, 5.74) is 0.0585. The summed E-state index contributed by atoms with van der Waals surface area (Å²) in [6, 6.07) is 8.55. The topological polar surface area (TPSA) is 57.6 Å². The molecule has 0 heterocycles. The van der Waals surface area contributed by atoms with Gasteiger partial charge in [0.1, 0.15) is 16.5 Å². The van der Waals surface area contributed by atoms with Gasteiger partial charge in [-0.05, 0) is 29.8 Å². The van der Waals surface area contributed by atoms with Crippen molar-refractivity contribution in [1.29, 1.82) is 0 Å². The molecule has 0 aliphatic heterocycles. The Morgan fingerprint density at radius 1 is 1.10 bits per heavy atom. The molecule has 2 aromatic carbocycles. The number of benzene rings is 2. The van der Waals surface area contributed by atoms with Crippen LogP contribution in [0.2, 0.25) is 0 Å². The molecule has 4 nitrogen and oxygen atoms in total. The van der Waals surface area contributed by atoms with Crippen LogP contribution in [-0.4, -0.2) is 20.6 Å². The van der Waals surface area contributed by atoms with Crippen molar-refractivity contribution in [3.05, 3.63) is 59.7 Å². The van der Waals surface area contributed by atoms with E-state index in [0.29, 0.717) is 4.31 Å². The highest BCUT2D eigenvalue weighted by atomic mass is 32.2. The van der Waals surface area contributed by atoms with Crippen LogP contribution in [-0.2, 0) is 16.6 Å². The third kappa shape index (κ3) is 2.88. The molecule has 0 saturated carbocycles. The van der Waals surface area contributed by atoms with E-state index >= 15 is 0 Å². The molecule has 21 heavy (non-hydrogen) atoms. The molecule has 0 fully saturated rings. The van der Waals surface area contributed by atoms with Gasteiger partial charge in [0.15, 0.2) is 0 Å². The number of para-hydroxylation sites is 1. The smallest absolute Gasteiger partial charge is 0.267 e. The molecular formula is C14H13F2NO3S. The zero-order valence-electron chi connectivity index (χ0n) is 11.1. The molecule has 0 radical (unpaired) electrons. The van der Waals surface area contributed by atoms with E-state index in [0.717, 1.165) is 25.2 Å². The summed E-state index contributed by atoms with van der Waals surface area (Å²) in [5.74, 6) is -1.70. The van der Waals surface area contributed by atoms with Crippen molar-refractivity contribution in [2.45, 2.75) is 11.5 Å². The van der Waals surface area contributed by atoms with Crippen LogP contribution in [0.15, 0.2) is 47.4 Å². The number of halogens is 2. The quantitative estimate of drug-likeness (QED) is 0.942. The third-order valence-electron chi connectivity index (χ3n) is 3.01. The van der Waals surface area contributed by atoms with Crippen LogP contribution in [0.3, 0.4) is 0 Å². The van der Waals surface area contributed by atoms with Crippen LogP contribution >= 0.6 is 0 Å². The number of nitrogens with zero attached hydrogens (tertiary/aromatic N) is 1. The second-order valence-electron chi connectivity index (χ2n) is 4.35. The lowest BCUT2D eigenvalue weighted by molar-refractivity contribution is 0.281. The maximum Gasteiger partial charge on any atom is 0.267 e. The summed E-state index contributed by atoms with van der Waals surface area (Å²) < 4.78 is 53.0. The van der Waals surface area contributed by atoms with Gasteiger partial charge in [-0.1, -0.05) is 18.2 Å². The first kappa shape index (κ1) is 15.4. The minimum absolute atomic E-state index is 0.189. The second-order valence-corrected chi connectivity index (χ2v) is 6.28. The van der Waals surface area contributed by atoms with Crippen LogP contribution < -0.4 is 4.31 Å². The third-order valence-corrected chi connectivity index (χ3v) is 4.79. The molecule has 0 aromatic heterocycles. The number of aliphatic hydroxyl groups is 1. The predicted molar refractivity (Wildman–Crippen MR) is 74.3 cm³/mol. The molecule has 0 saturated heterocycles. The summed E-state index contributed by atoms with van der Waals surface area (Å²) in [6.07, 6.45) is 0. The molecular weight excluding hydrogens is 300 g/mol. The molecule has 2 rings (SSSR count). The van der Waals surface area contributed by atoms with Crippen molar-refractivity contribution < 1.29 is 22.3 Å². The lowest BCUT2D eigenvalue weighted by atomic mass is 10.2. The van der Waals surface area contributed by atoms with E-state index in [1.165, 1.54) is 24.3 Å². The fourth-order valence-electron chi connectivity index (χ4n) is 1.83. The molecule has 7 heteroatoms. The van der Waals surface area contributed by atoms with Gasteiger partial charge in [0, 0.05) is 7.05 Å². The summed E-state index contributed by atoms with van der Waals surface area (Å²) >= 11 is 0. The van der Waals surface area contributed by atoms with Crippen molar-refractivity contribution in [1.82, 2.24) is 0 Å². The van der Waals surface area contributed by atoms with Gasteiger partial charge in [-0.2, -0.15) is 0 Å². The molecule has 0 unspecified atom stereocenters. The van der Waals surface area contributed by atoms with Crippen molar-refractivity contribution in [2.24, 2.45) is 0 Å². The van der Waals surface area contributed by atoms with Crippen LogP contribution in [0, 0.1) is 11.6 Å². The molecule has 0 aliphatic rings. The first-order chi connectivity index (χ1) is 9.87. The number of rotatable bonds is 4. The van der Waals surface area contributed by atoms with Crippen molar-refractivity contribution in [2.75, 3.05) is 11.4 Å². The Morgan fingerprint density at radius 2 is 1.76 bits per heavy atom. The van der Waals surface area contributed by atoms with Crippen molar-refractivity contribution >= 4 is 15.7 Å². The van der Waals surface area contributed by atoms with Gasteiger partial charge in [-0.3, -0.25) is 4.31 Å². The van der Waals surface area contributed by atoms with Crippen molar-refractivity contribution in [3.63, 3.8) is 0 Å². The van der Waals surface area contributed by atoms with E-state index in [4.69, 9.17) is 5.11 Å². The lowest BCUT2D eigenvalue weighted by Crippen LogP contribution is -2.28. The van der Waals surface area contributed by atoms with Gasteiger partial charge in [0.05, 0.1) is 12.3 Å². The van der Waals surface area contributed by atoms with E-state index in [1.807, 2.05) is 0 Å². The summed E-state index contributed by atoms with van der Waals surface area (Å²) in [4.78, 5) is -0.611. The number of hydrogen-bond acceptors (Lipinski definition) is 3. The lowest BCUT2D eigenvalue weighted by Gasteiger charge is -2.20. The maximum absolute atomic E-state index is 13.8. The Hall–Kier alpha value is -1.99. The minimum Gasteiger partial charge on any atom is -0.392 e. The predicted octanol–water partition coefficient (Wildman–Crippen LogP) is 2.28. The fraction of sp³-hybridized carbons (Fsp3) is 0.143. The van der Waals surface area contributed by atoms with Crippen molar-refractivity contribution in [3.8, 4) is 0 Å². The Morgan fingerprint density at radius 3 is 2.38 bits per heavy atom. The highest BCUT2D eigenvalue weighted by Gasteiger charge is 2.26. The maximum atomic E-state index is 13.8. The molecule has 112 valence electrons. The summed E-state index contributed by atoms with van der Waals surface area (Å²) in [5, 5.41) is 9.03. The fourth-order valence-corrected chi connectivity index (χ4v) is 3.14. The molecule has 1 N–H and O–H groups in total. The van der Waals surface area contributed by atoms with Crippen LogP contribution in [0.4, 0.5) is 14.5 Å². The van der Waals surface area contributed by atoms with E-state index < -0.39 is 33.2 Å². The Bertz CT molecular complexity index is 763. The SMILES string of the molecule is CN(c1ccccc1F)S(=O)(=O)c1cc(CO)ccc1F. The Balaban J connectivity index is 2.54.